The summed E-state index contributed by atoms with van der Waals surface area (Å²) in [7, 11) is 1.56. The van der Waals surface area contributed by atoms with Gasteiger partial charge in [0.15, 0.2) is 6.10 Å². The van der Waals surface area contributed by atoms with Crippen LogP contribution in [0.4, 0.5) is 11.8 Å². The summed E-state index contributed by atoms with van der Waals surface area (Å²) in [4.78, 5) is 26.1. The first kappa shape index (κ1) is 20.6. The van der Waals surface area contributed by atoms with Crippen LogP contribution >= 0.6 is 11.6 Å². The molecule has 2 N–H and O–H groups in total. The van der Waals surface area contributed by atoms with Crippen LogP contribution in [0.5, 0.6) is 11.5 Å². The summed E-state index contributed by atoms with van der Waals surface area (Å²) in [5, 5.41) is 1.14. The highest BCUT2D eigenvalue weighted by atomic mass is 35.5. The van der Waals surface area contributed by atoms with Gasteiger partial charge in [0.25, 0.3) is 5.91 Å². The van der Waals surface area contributed by atoms with Crippen LogP contribution in [-0.2, 0) is 11.2 Å². The van der Waals surface area contributed by atoms with Crippen LogP contribution in [0.15, 0.2) is 36.4 Å². The highest BCUT2D eigenvalue weighted by Gasteiger charge is 2.32. The number of benzene rings is 2. The number of para-hydroxylation sites is 1. The summed E-state index contributed by atoms with van der Waals surface area (Å²) in [5.41, 5.74) is 8.00. The Morgan fingerprint density at radius 1 is 1.19 bits per heavy atom. The summed E-state index contributed by atoms with van der Waals surface area (Å²) < 4.78 is 11.3. The topological polar surface area (TPSA) is 93.8 Å². The first-order valence-corrected chi connectivity index (χ1v) is 11.0. The van der Waals surface area contributed by atoms with Gasteiger partial charge in [0.1, 0.15) is 17.3 Å². The van der Waals surface area contributed by atoms with E-state index >= 15 is 0 Å². The Hall–Kier alpha value is -3.26. The molecule has 3 aromatic rings. The molecule has 2 aliphatic heterocycles. The maximum atomic E-state index is 13.0. The molecule has 2 aromatic carbocycles. The van der Waals surface area contributed by atoms with E-state index in [1.807, 2.05) is 34.1 Å². The number of anilines is 2. The number of hydrogen-bond donors (Lipinski definition) is 1. The summed E-state index contributed by atoms with van der Waals surface area (Å²) in [5.74, 6) is 2.29. The fraction of sp³-hybridized carbons (Fsp3) is 0.348. The third kappa shape index (κ3) is 3.75. The number of nitrogens with zero attached hydrogens (tertiary/aromatic N) is 4. The van der Waals surface area contributed by atoms with Crippen LogP contribution in [0.1, 0.15) is 12.0 Å². The number of amides is 1. The number of fused-ring (bicyclic) bond motifs is 2. The average Bonchev–Trinajstić information content (AvgIpc) is 2.83. The smallest absolute Gasteiger partial charge is 0.263 e. The SMILES string of the molecule is COc1cc2nc(N3CCN(C(=O)C4CCc5ccccc5O4)CC3)nc(N)c2cc1Cl. The van der Waals surface area contributed by atoms with Gasteiger partial charge in [0, 0.05) is 37.6 Å². The van der Waals surface area contributed by atoms with Crippen molar-refractivity contribution in [1.82, 2.24) is 14.9 Å². The second-order valence-electron chi connectivity index (χ2n) is 7.98. The molecule has 1 amide bonds. The lowest BCUT2D eigenvalue weighted by molar-refractivity contribution is -0.139. The van der Waals surface area contributed by atoms with Crippen molar-refractivity contribution in [2.45, 2.75) is 18.9 Å². The Labute approximate surface area is 190 Å². The second-order valence-corrected chi connectivity index (χ2v) is 8.39. The lowest BCUT2D eigenvalue weighted by atomic mass is 10.0. The predicted octanol–water partition coefficient (Wildman–Crippen LogP) is 2.92. The molecule has 5 rings (SSSR count). The van der Waals surface area contributed by atoms with E-state index in [4.69, 9.17) is 26.8 Å². The number of halogens is 1. The fourth-order valence-electron chi connectivity index (χ4n) is 4.27. The van der Waals surface area contributed by atoms with Gasteiger partial charge in [0.05, 0.1) is 17.6 Å². The molecule has 0 radical (unpaired) electrons. The molecule has 2 aliphatic rings. The zero-order valence-corrected chi connectivity index (χ0v) is 18.5. The van der Waals surface area contributed by atoms with Gasteiger partial charge in [-0.3, -0.25) is 4.79 Å². The fourth-order valence-corrected chi connectivity index (χ4v) is 4.51. The summed E-state index contributed by atoms with van der Waals surface area (Å²) >= 11 is 6.21. The molecule has 0 bridgehead atoms. The molecule has 1 aromatic heterocycles. The number of ether oxygens (including phenoxy) is 2. The molecule has 166 valence electrons. The number of rotatable bonds is 3. The van der Waals surface area contributed by atoms with Gasteiger partial charge in [-0.2, -0.15) is 4.98 Å². The molecule has 8 nitrogen and oxygen atoms in total. The third-order valence-electron chi connectivity index (χ3n) is 6.05. The maximum absolute atomic E-state index is 13.0. The number of carbonyl (C=O) groups excluding carboxylic acids is 1. The zero-order chi connectivity index (χ0) is 22.2. The predicted molar refractivity (Wildman–Crippen MR) is 123 cm³/mol. The number of piperazine rings is 1. The van der Waals surface area contributed by atoms with E-state index in [0.29, 0.717) is 66.0 Å². The van der Waals surface area contributed by atoms with Gasteiger partial charge < -0.3 is 25.0 Å². The summed E-state index contributed by atoms with van der Waals surface area (Å²) in [6, 6.07) is 11.4. The van der Waals surface area contributed by atoms with Crippen molar-refractivity contribution in [2.24, 2.45) is 0 Å². The van der Waals surface area contributed by atoms with Crippen LogP contribution in [0.3, 0.4) is 0 Å². The van der Waals surface area contributed by atoms with E-state index in [-0.39, 0.29) is 5.91 Å². The second kappa shape index (κ2) is 8.35. The monoisotopic (exact) mass is 453 g/mol. The van der Waals surface area contributed by atoms with E-state index in [9.17, 15) is 4.79 Å². The van der Waals surface area contributed by atoms with Crippen LogP contribution in [0.25, 0.3) is 10.9 Å². The van der Waals surface area contributed by atoms with Crippen LogP contribution in [0.2, 0.25) is 5.02 Å². The molecular formula is C23H24ClN5O3. The highest BCUT2D eigenvalue weighted by Crippen LogP contribution is 2.32. The minimum absolute atomic E-state index is 0.0393. The minimum Gasteiger partial charge on any atom is -0.495 e. The quantitative estimate of drug-likeness (QED) is 0.651. The lowest BCUT2D eigenvalue weighted by Crippen LogP contribution is -2.53. The van der Waals surface area contributed by atoms with Crippen molar-refractivity contribution in [1.29, 1.82) is 0 Å². The number of aromatic nitrogens is 2. The number of aryl methyl sites for hydroxylation is 1. The van der Waals surface area contributed by atoms with Crippen molar-refractivity contribution >= 4 is 40.2 Å². The highest BCUT2D eigenvalue weighted by molar-refractivity contribution is 6.33. The van der Waals surface area contributed by atoms with E-state index < -0.39 is 6.10 Å². The largest absolute Gasteiger partial charge is 0.495 e. The molecule has 3 heterocycles. The lowest BCUT2D eigenvalue weighted by Gasteiger charge is -2.37. The molecule has 0 saturated carbocycles. The van der Waals surface area contributed by atoms with E-state index in [2.05, 4.69) is 9.97 Å². The number of hydrogen-bond acceptors (Lipinski definition) is 7. The summed E-state index contributed by atoms with van der Waals surface area (Å²) in [6.45, 7) is 2.38. The Balaban J connectivity index is 1.28. The number of nitrogens with two attached hydrogens (primary N) is 1. The van der Waals surface area contributed by atoms with Gasteiger partial charge in [-0.1, -0.05) is 29.8 Å². The van der Waals surface area contributed by atoms with Crippen LogP contribution in [0, 0.1) is 0 Å². The van der Waals surface area contributed by atoms with E-state index in [1.165, 1.54) is 0 Å². The Morgan fingerprint density at radius 3 is 2.75 bits per heavy atom. The summed E-state index contributed by atoms with van der Waals surface area (Å²) in [6.07, 6.45) is 1.12. The van der Waals surface area contributed by atoms with Crippen LogP contribution in [-0.4, -0.2) is 60.2 Å². The molecule has 1 saturated heterocycles. The van der Waals surface area contributed by atoms with Gasteiger partial charge >= 0.3 is 0 Å². The Morgan fingerprint density at radius 2 is 1.97 bits per heavy atom. The Kier molecular flexibility index (Phi) is 5.38. The van der Waals surface area contributed by atoms with Crippen molar-refractivity contribution < 1.29 is 14.3 Å². The molecule has 1 atom stereocenters. The molecule has 1 unspecified atom stereocenters. The number of methoxy groups -OCH3 is 1. The number of nitrogen functional groups attached to an aromatic ring is 1. The van der Waals surface area contributed by atoms with Crippen LogP contribution < -0.4 is 20.1 Å². The van der Waals surface area contributed by atoms with Gasteiger partial charge in [0.2, 0.25) is 5.95 Å². The normalized spacial score (nSPS) is 18.2. The van der Waals surface area contributed by atoms with Crippen molar-refractivity contribution in [2.75, 3.05) is 43.9 Å². The minimum atomic E-state index is -0.429. The molecule has 9 heteroatoms. The van der Waals surface area contributed by atoms with Gasteiger partial charge in [-0.05, 0) is 30.5 Å². The zero-order valence-electron chi connectivity index (χ0n) is 17.8. The van der Waals surface area contributed by atoms with Gasteiger partial charge in [-0.15, -0.1) is 0 Å². The van der Waals surface area contributed by atoms with Crippen molar-refractivity contribution in [3.63, 3.8) is 0 Å². The number of carbonyl (C=O) groups is 1. The molecule has 0 aliphatic carbocycles. The maximum Gasteiger partial charge on any atom is 0.263 e. The van der Waals surface area contributed by atoms with Crippen molar-refractivity contribution in [3.05, 3.63) is 47.0 Å². The average molecular weight is 454 g/mol. The standard InChI is InChI=1S/C23H24ClN5O3/c1-31-20-13-17-15(12-16(20)24)21(25)27-23(26-17)29-10-8-28(9-11-29)22(30)19-7-6-14-4-2-3-5-18(14)32-19/h2-5,12-13,19H,6-11H2,1H3,(H2,25,26,27). The van der Waals surface area contributed by atoms with Gasteiger partial charge in [-0.25, -0.2) is 4.98 Å². The van der Waals surface area contributed by atoms with Crippen molar-refractivity contribution in [3.8, 4) is 11.5 Å². The molecule has 1 fully saturated rings. The Bertz CT molecular complexity index is 1180. The molecular weight excluding hydrogens is 430 g/mol. The van der Waals surface area contributed by atoms with E-state index in [1.54, 1.807) is 19.2 Å². The first-order valence-electron chi connectivity index (χ1n) is 10.6. The third-order valence-corrected chi connectivity index (χ3v) is 6.35. The van der Waals surface area contributed by atoms with E-state index in [0.717, 1.165) is 17.7 Å². The first-order chi connectivity index (χ1) is 15.5. The molecule has 0 spiro atoms. The molecule has 32 heavy (non-hydrogen) atoms.